The third-order valence-corrected chi connectivity index (χ3v) is 5.00. The van der Waals surface area contributed by atoms with Crippen molar-refractivity contribution >= 4 is 23.3 Å². The highest BCUT2D eigenvalue weighted by atomic mass is 35.5. The van der Waals surface area contributed by atoms with E-state index in [-0.39, 0.29) is 24.5 Å². The van der Waals surface area contributed by atoms with Gasteiger partial charge in [0.25, 0.3) is 0 Å². The first-order valence-corrected chi connectivity index (χ1v) is 9.13. The summed E-state index contributed by atoms with van der Waals surface area (Å²) in [6.07, 6.45) is 2.88. The van der Waals surface area contributed by atoms with Gasteiger partial charge in [0.2, 0.25) is 5.91 Å². The number of hydrogen-bond donors (Lipinski definition) is 1. The molecule has 0 aromatic heterocycles. The zero-order valence-corrected chi connectivity index (χ0v) is 15.3. The number of likely N-dealkylation sites (tertiary alicyclic amines) is 1. The van der Waals surface area contributed by atoms with Crippen molar-refractivity contribution in [3.8, 4) is 0 Å². The van der Waals surface area contributed by atoms with Crippen LogP contribution in [0.5, 0.6) is 0 Å². The van der Waals surface area contributed by atoms with E-state index < -0.39 is 0 Å². The zero-order valence-electron chi connectivity index (χ0n) is 14.6. The number of nitrogens with one attached hydrogen (secondary N) is 1. The van der Waals surface area contributed by atoms with Crippen molar-refractivity contribution < 1.29 is 9.59 Å². The van der Waals surface area contributed by atoms with Crippen molar-refractivity contribution in [1.82, 2.24) is 10.2 Å². The van der Waals surface area contributed by atoms with Gasteiger partial charge in [-0.25, -0.2) is 0 Å². The Morgan fingerprint density at radius 3 is 2.67 bits per heavy atom. The number of piperidine rings is 1. The van der Waals surface area contributed by atoms with E-state index in [1.807, 2.05) is 0 Å². The van der Waals surface area contributed by atoms with Crippen LogP contribution >= 0.6 is 11.6 Å². The maximum absolute atomic E-state index is 12.1. The molecular weight excluding hydrogens is 324 g/mol. The summed E-state index contributed by atoms with van der Waals surface area (Å²) < 4.78 is 0. The molecule has 0 radical (unpaired) electrons. The molecule has 2 rings (SSSR count). The Morgan fingerprint density at radius 2 is 2.00 bits per heavy atom. The summed E-state index contributed by atoms with van der Waals surface area (Å²) in [5.74, 6) is 0.689. The summed E-state index contributed by atoms with van der Waals surface area (Å²) in [5.41, 5.74) is 0.561. The Bertz CT molecular complexity index is 568. The van der Waals surface area contributed by atoms with Crippen LogP contribution in [-0.4, -0.2) is 42.3 Å². The highest BCUT2D eigenvalue weighted by Crippen LogP contribution is 2.17. The monoisotopic (exact) mass is 350 g/mol. The van der Waals surface area contributed by atoms with Crippen molar-refractivity contribution in [2.75, 3.05) is 19.6 Å². The van der Waals surface area contributed by atoms with E-state index in [0.29, 0.717) is 23.2 Å². The summed E-state index contributed by atoms with van der Waals surface area (Å²) in [7, 11) is 0. The predicted octanol–water partition coefficient (Wildman–Crippen LogP) is 3.54. The van der Waals surface area contributed by atoms with Crippen LogP contribution in [0.25, 0.3) is 0 Å². The first-order chi connectivity index (χ1) is 11.5. The number of carbonyl (C=O) groups excluding carboxylic acids is 2. The van der Waals surface area contributed by atoms with E-state index in [0.717, 1.165) is 19.0 Å². The number of halogens is 1. The van der Waals surface area contributed by atoms with Gasteiger partial charge in [-0.3, -0.25) is 14.5 Å². The van der Waals surface area contributed by atoms with Crippen molar-refractivity contribution in [2.24, 2.45) is 5.92 Å². The first kappa shape index (κ1) is 18.9. The molecule has 1 unspecified atom stereocenters. The molecule has 1 aromatic carbocycles. The molecule has 1 atom stereocenters. The number of ketones is 1. The lowest BCUT2D eigenvalue weighted by Gasteiger charge is -2.35. The average Bonchev–Trinajstić information content (AvgIpc) is 2.58. The standard InChI is InChI=1S/C19H27ClN2O2/c1-14-8-10-22(11-9-14)15(2)13-21-19(24)7-6-18(23)16-4-3-5-17(20)12-16/h3-5,12,14-15H,6-11,13H2,1-2H3,(H,21,24). The summed E-state index contributed by atoms with van der Waals surface area (Å²) >= 11 is 5.88. The van der Waals surface area contributed by atoms with E-state index in [2.05, 4.69) is 24.1 Å². The van der Waals surface area contributed by atoms with E-state index in [9.17, 15) is 9.59 Å². The first-order valence-electron chi connectivity index (χ1n) is 8.75. The number of Topliss-reactive ketones (excluding diaryl/α,β-unsaturated/α-hetero) is 1. The highest BCUT2D eigenvalue weighted by molar-refractivity contribution is 6.31. The third kappa shape index (κ3) is 5.91. The van der Waals surface area contributed by atoms with Crippen molar-refractivity contribution in [3.63, 3.8) is 0 Å². The lowest BCUT2D eigenvalue weighted by molar-refractivity contribution is -0.121. The van der Waals surface area contributed by atoms with Crippen LogP contribution in [0.15, 0.2) is 24.3 Å². The Balaban J connectivity index is 1.68. The second-order valence-electron chi connectivity index (χ2n) is 6.81. The minimum Gasteiger partial charge on any atom is -0.355 e. The largest absolute Gasteiger partial charge is 0.355 e. The molecule has 0 aliphatic carbocycles. The van der Waals surface area contributed by atoms with Gasteiger partial charge in [-0.1, -0.05) is 30.7 Å². The summed E-state index contributed by atoms with van der Waals surface area (Å²) in [6, 6.07) is 7.18. The Kier molecular flexibility index (Phi) is 7.25. The maximum Gasteiger partial charge on any atom is 0.220 e. The summed E-state index contributed by atoms with van der Waals surface area (Å²) in [5, 5.41) is 3.49. The molecule has 0 bridgehead atoms. The van der Waals surface area contributed by atoms with E-state index in [1.54, 1.807) is 24.3 Å². The SMILES string of the molecule is CC1CCN(C(C)CNC(=O)CCC(=O)c2cccc(Cl)c2)CC1. The fourth-order valence-electron chi connectivity index (χ4n) is 2.98. The third-order valence-electron chi connectivity index (χ3n) is 4.76. The number of carbonyl (C=O) groups is 2. The number of hydrogen-bond acceptors (Lipinski definition) is 3. The van der Waals surface area contributed by atoms with Crippen LogP contribution in [0.1, 0.15) is 49.9 Å². The molecule has 1 N–H and O–H groups in total. The molecule has 1 saturated heterocycles. The fraction of sp³-hybridized carbons (Fsp3) is 0.579. The molecule has 1 aliphatic heterocycles. The second kappa shape index (κ2) is 9.19. The van der Waals surface area contributed by atoms with Gasteiger partial charge in [0.1, 0.15) is 0 Å². The van der Waals surface area contributed by atoms with Crippen molar-refractivity contribution in [2.45, 2.75) is 45.6 Å². The van der Waals surface area contributed by atoms with Crippen LogP contribution in [-0.2, 0) is 4.79 Å². The van der Waals surface area contributed by atoms with E-state index in [1.165, 1.54) is 12.8 Å². The number of nitrogens with zero attached hydrogens (tertiary/aromatic N) is 1. The molecule has 1 amide bonds. The molecule has 1 fully saturated rings. The minimum atomic E-state index is -0.0670. The molecule has 1 aliphatic rings. The van der Waals surface area contributed by atoms with Gasteiger partial charge >= 0.3 is 0 Å². The van der Waals surface area contributed by atoms with Gasteiger partial charge in [0.05, 0.1) is 0 Å². The normalized spacial score (nSPS) is 17.5. The van der Waals surface area contributed by atoms with Gasteiger partial charge in [-0.15, -0.1) is 0 Å². The molecule has 4 nitrogen and oxygen atoms in total. The molecule has 1 heterocycles. The number of rotatable bonds is 7. The average molecular weight is 351 g/mol. The lowest BCUT2D eigenvalue weighted by Crippen LogP contribution is -2.45. The van der Waals surface area contributed by atoms with Gasteiger partial charge < -0.3 is 5.32 Å². The maximum atomic E-state index is 12.1. The van der Waals surface area contributed by atoms with Gasteiger partial charge in [0.15, 0.2) is 5.78 Å². The van der Waals surface area contributed by atoms with Gasteiger partial charge in [0, 0.05) is 36.0 Å². The Hall–Kier alpha value is -1.39. The molecule has 0 spiro atoms. The molecule has 1 aromatic rings. The number of amides is 1. The predicted molar refractivity (Wildman–Crippen MR) is 97.5 cm³/mol. The summed E-state index contributed by atoms with van der Waals surface area (Å²) in [4.78, 5) is 26.5. The molecule has 24 heavy (non-hydrogen) atoms. The van der Waals surface area contributed by atoms with E-state index in [4.69, 9.17) is 11.6 Å². The Labute approximate surface area is 149 Å². The second-order valence-corrected chi connectivity index (χ2v) is 7.24. The highest BCUT2D eigenvalue weighted by Gasteiger charge is 2.20. The van der Waals surface area contributed by atoms with Crippen LogP contribution in [0.3, 0.4) is 0 Å². The van der Waals surface area contributed by atoms with Crippen LogP contribution in [0.2, 0.25) is 5.02 Å². The van der Waals surface area contributed by atoms with Crippen LogP contribution in [0.4, 0.5) is 0 Å². The van der Waals surface area contributed by atoms with Crippen molar-refractivity contribution in [1.29, 1.82) is 0 Å². The molecular formula is C19H27ClN2O2. The smallest absolute Gasteiger partial charge is 0.220 e. The molecule has 5 heteroatoms. The Morgan fingerprint density at radius 1 is 1.29 bits per heavy atom. The minimum absolute atomic E-state index is 0.0503. The van der Waals surface area contributed by atoms with Crippen LogP contribution < -0.4 is 5.32 Å². The van der Waals surface area contributed by atoms with Crippen molar-refractivity contribution in [3.05, 3.63) is 34.9 Å². The summed E-state index contributed by atoms with van der Waals surface area (Å²) in [6.45, 7) is 7.28. The topological polar surface area (TPSA) is 49.4 Å². The number of benzene rings is 1. The molecule has 132 valence electrons. The van der Waals surface area contributed by atoms with E-state index >= 15 is 0 Å². The van der Waals surface area contributed by atoms with Crippen LogP contribution in [0, 0.1) is 5.92 Å². The fourth-order valence-corrected chi connectivity index (χ4v) is 3.17. The van der Waals surface area contributed by atoms with Gasteiger partial charge in [-0.2, -0.15) is 0 Å². The molecule has 0 saturated carbocycles. The zero-order chi connectivity index (χ0) is 17.5. The quantitative estimate of drug-likeness (QED) is 0.765. The lowest BCUT2D eigenvalue weighted by atomic mass is 9.98. The van der Waals surface area contributed by atoms with Gasteiger partial charge in [-0.05, 0) is 50.9 Å².